The summed E-state index contributed by atoms with van der Waals surface area (Å²) in [5, 5.41) is 3.90. The maximum absolute atomic E-state index is 13.8. The van der Waals surface area contributed by atoms with E-state index in [9.17, 15) is 17.2 Å². The first-order valence-electron chi connectivity index (χ1n) is 7.79. The van der Waals surface area contributed by atoms with E-state index in [2.05, 4.69) is 10.1 Å². The van der Waals surface area contributed by atoms with Crippen molar-refractivity contribution in [3.05, 3.63) is 66.1 Å². The van der Waals surface area contributed by atoms with Crippen LogP contribution in [0.25, 0.3) is 11.4 Å². The van der Waals surface area contributed by atoms with Crippen molar-refractivity contribution in [2.24, 2.45) is 0 Å². The van der Waals surface area contributed by atoms with E-state index in [0.29, 0.717) is 17.8 Å². The fraction of sp³-hybridized carbons (Fsp3) is 0.176. The van der Waals surface area contributed by atoms with Crippen molar-refractivity contribution in [3.8, 4) is 11.4 Å². The number of halogens is 2. The molecular formula is C17H13F2N3O3S. The van der Waals surface area contributed by atoms with Gasteiger partial charge in [0.25, 0.3) is 0 Å². The van der Waals surface area contributed by atoms with E-state index < -0.39 is 26.6 Å². The monoisotopic (exact) mass is 377 g/mol. The number of sulfonamides is 1. The van der Waals surface area contributed by atoms with Gasteiger partial charge >= 0.3 is 0 Å². The molecule has 3 aromatic rings. The van der Waals surface area contributed by atoms with E-state index in [4.69, 9.17) is 4.52 Å². The molecule has 2 heterocycles. The lowest BCUT2D eigenvalue weighted by molar-refractivity contribution is 0.216. The van der Waals surface area contributed by atoms with Crippen LogP contribution in [0.2, 0.25) is 0 Å². The summed E-state index contributed by atoms with van der Waals surface area (Å²) in [6.45, 7) is 0.128. The summed E-state index contributed by atoms with van der Waals surface area (Å²) in [5.41, 5.74) is 0.785. The minimum absolute atomic E-state index is 0.0642. The number of rotatable bonds is 4. The predicted molar refractivity (Wildman–Crippen MR) is 87.6 cm³/mol. The Labute approximate surface area is 148 Å². The normalized spacial score (nSPS) is 15.8. The topological polar surface area (TPSA) is 76.3 Å². The molecule has 1 fully saturated rings. The van der Waals surface area contributed by atoms with Crippen LogP contribution >= 0.6 is 0 Å². The fourth-order valence-electron chi connectivity index (χ4n) is 2.71. The molecule has 0 radical (unpaired) electrons. The van der Waals surface area contributed by atoms with Gasteiger partial charge in [0.05, 0.1) is 5.92 Å². The fourth-order valence-corrected chi connectivity index (χ4v) is 4.32. The summed E-state index contributed by atoms with van der Waals surface area (Å²) in [5.74, 6) is -1.36. The molecule has 0 N–H and O–H groups in total. The average Bonchev–Trinajstić information content (AvgIpc) is 3.06. The Morgan fingerprint density at radius 1 is 1.08 bits per heavy atom. The molecule has 134 valence electrons. The van der Waals surface area contributed by atoms with Crippen LogP contribution in [0.1, 0.15) is 11.8 Å². The van der Waals surface area contributed by atoms with Gasteiger partial charge in [-0.05, 0) is 18.2 Å². The molecule has 1 aromatic heterocycles. The van der Waals surface area contributed by atoms with E-state index in [1.165, 1.54) is 0 Å². The minimum Gasteiger partial charge on any atom is -0.339 e. The Hall–Kier alpha value is -2.65. The van der Waals surface area contributed by atoms with Crippen molar-refractivity contribution in [2.45, 2.75) is 10.8 Å². The lowest BCUT2D eigenvalue weighted by Crippen LogP contribution is -2.48. The molecule has 0 atom stereocenters. The molecule has 0 saturated carbocycles. The van der Waals surface area contributed by atoms with Gasteiger partial charge < -0.3 is 4.52 Å². The van der Waals surface area contributed by atoms with Crippen molar-refractivity contribution >= 4 is 10.0 Å². The maximum Gasteiger partial charge on any atom is 0.246 e. The lowest BCUT2D eigenvalue weighted by Gasteiger charge is -2.35. The first-order valence-corrected chi connectivity index (χ1v) is 9.23. The van der Waals surface area contributed by atoms with Crippen molar-refractivity contribution in [1.82, 2.24) is 14.4 Å². The van der Waals surface area contributed by atoms with Crippen LogP contribution in [-0.2, 0) is 10.0 Å². The summed E-state index contributed by atoms with van der Waals surface area (Å²) < 4.78 is 58.2. The minimum atomic E-state index is -4.11. The van der Waals surface area contributed by atoms with E-state index in [1.54, 1.807) is 0 Å². The van der Waals surface area contributed by atoms with Gasteiger partial charge in [-0.15, -0.1) is 0 Å². The zero-order valence-electron chi connectivity index (χ0n) is 13.3. The van der Waals surface area contributed by atoms with Gasteiger partial charge in [0.15, 0.2) is 0 Å². The molecule has 0 spiro atoms. The van der Waals surface area contributed by atoms with Gasteiger partial charge in [-0.25, -0.2) is 17.2 Å². The van der Waals surface area contributed by atoms with Crippen LogP contribution in [0.3, 0.4) is 0 Å². The molecule has 2 aromatic carbocycles. The number of benzene rings is 2. The van der Waals surface area contributed by atoms with Crippen LogP contribution in [-0.4, -0.2) is 36.0 Å². The molecule has 0 aliphatic carbocycles. The Bertz CT molecular complexity index is 1050. The highest BCUT2D eigenvalue weighted by Gasteiger charge is 2.41. The summed E-state index contributed by atoms with van der Waals surface area (Å²) >= 11 is 0. The van der Waals surface area contributed by atoms with Gasteiger partial charge in [0.1, 0.15) is 16.5 Å². The van der Waals surface area contributed by atoms with Crippen LogP contribution in [0.15, 0.2) is 57.9 Å². The Kier molecular flexibility index (Phi) is 4.04. The van der Waals surface area contributed by atoms with Crippen LogP contribution in [0.4, 0.5) is 8.78 Å². The zero-order valence-corrected chi connectivity index (χ0v) is 14.2. The molecule has 9 heteroatoms. The first kappa shape index (κ1) is 16.8. The maximum atomic E-state index is 13.8. The first-order chi connectivity index (χ1) is 12.4. The smallest absolute Gasteiger partial charge is 0.246 e. The third kappa shape index (κ3) is 2.89. The molecule has 6 nitrogen and oxygen atoms in total. The van der Waals surface area contributed by atoms with Gasteiger partial charge in [-0.1, -0.05) is 35.5 Å². The van der Waals surface area contributed by atoms with Crippen molar-refractivity contribution in [1.29, 1.82) is 0 Å². The van der Waals surface area contributed by atoms with Gasteiger partial charge in [-0.3, -0.25) is 0 Å². The second-order valence-corrected chi connectivity index (χ2v) is 7.82. The molecule has 0 unspecified atom stereocenters. The Morgan fingerprint density at radius 3 is 2.54 bits per heavy atom. The number of aromatic nitrogens is 2. The van der Waals surface area contributed by atoms with Gasteiger partial charge in [-0.2, -0.15) is 9.29 Å². The lowest BCUT2D eigenvalue weighted by atomic mass is 10.0. The zero-order chi connectivity index (χ0) is 18.3. The van der Waals surface area contributed by atoms with E-state index in [0.717, 1.165) is 22.0 Å². The highest BCUT2D eigenvalue weighted by atomic mass is 32.2. The molecule has 1 aliphatic rings. The van der Waals surface area contributed by atoms with Crippen molar-refractivity contribution in [3.63, 3.8) is 0 Å². The SMILES string of the molecule is O=S(=O)(c1cc(F)ccc1F)N1CC(c2nc(-c3ccccc3)no2)C1. The van der Waals surface area contributed by atoms with Crippen molar-refractivity contribution < 1.29 is 21.7 Å². The average molecular weight is 377 g/mol. The highest BCUT2D eigenvalue weighted by molar-refractivity contribution is 7.89. The summed E-state index contributed by atoms with van der Waals surface area (Å²) in [6.07, 6.45) is 0. The van der Waals surface area contributed by atoms with E-state index in [-0.39, 0.29) is 19.0 Å². The second kappa shape index (κ2) is 6.26. The molecule has 26 heavy (non-hydrogen) atoms. The van der Waals surface area contributed by atoms with Crippen LogP contribution in [0.5, 0.6) is 0 Å². The molecule has 1 aliphatic heterocycles. The third-order valence-corrected chi connectivity index (χ3v) is 6.03. The van der Waals surface area contributed by atoms with E-state index >= 15 is 0 Å². The predicted octanol–water partition coefficient (Wildman–Crippen LogP) is 2.80. The molecule has 1 saturated heterocycles. The molecule has 0 bridgehead atoms. The number of hydrogen-bond acceptors (Lipinski definition) is 5. The van der Waals surface area contributed by atoms with Crippen LogP contribution in [0, 0.1) is 11.6 Å². The third-order valence-electron chi connectivity index (χ3n) is 4.18. The van der Waals surface area contributed by atoms with Crippen molar-refractivity contribution in [2.75, 3.05) is 13.1 Å². The second-order valence-electron chi connectivity index (χ2n) is 5.92. The summed E-state index contributed by atoms with van der Waals surface area (Å²) in [7, 11) is -4.11. The Morgan fingerprint density at radius 2 is 1.81 bits per heavy atom. The molecule has 4 rings (SSSR count). The van der Waals surface area contributed by atoms with Gasteiger partial charge in [0, 0.05) is 18.7 Å². The van der Waals surface area contributed by atoms with Gasteiger partial charge in [0.2, 0.25) is 21.7 Å². The number of hydrogen-bond donors (Lipinski definition) is 0. The largest absolute Gasteiger partial charge is 0.339 e. The van der Waals surface area contributed by atoms with E-state index in [1.807, 2.05) is 30.3 Å². The van der Waals surface area contributed by atoms with Crippen LogP contribution < -0.4 is 0 Å². The summed E-state index contributed by atoms with van der Waals surface area (Å²) in [4.78, 5) is 3.62. The molecular weight excluding hydrogens is 364 g/mol. The molecule has 0 amide bonds. The highest BCUT2D eigenvalue weighted by Crippen LogP contribution is 2.33. The number of nitrogens with zero attached hydrogens (tertiary/aromatic N) is 3. The standard InChI is InChI=1S/C17H13F2N3O3S/c18-13-6-7-14(19)15(8-13)26(23,24)22-9-12(10-22)17-20-16(21-25-17)11-4-2-1-3-5-11/h1-8,12H,9-10H2. The summed E-state index contributed by atoms with van der Waals surface area (Å²) in [6, 6.07) is 11.6. The Balaban J connectivity index is 1.50. The quantitative estimate of drug-likeness (QED) is 0.699.